The molecule has 0 bridgehead atoms. The van der Waals surface area contributed by atoms with Crippen molar-refractivity contribution in [2.45, 2.75) is 25.9 Å². The summed E-state index contributed by atoms with van der Waals surface area (Å²) in [5.41, 5.74) is 0.713. The molecule has 1 atom stereocenters. The Morgan fingerprint density at radius 2 is 2.23 bits per heavy atom. The van der Waals surface area contributed by atoms with Gasteiger partial charge in [0.2, 0.25) is 0 Å². The molecule has 1 unspecified atom stereocenters. The van der Waals surface area contributed by atoms with Crippen LogP contribution in [-0.4, -0.2) is 10.1 Å². The number of pyridine rings is 1. The van der Waals surface area contributed by atoms with Crippen molar-refractivity contribution in [1.82, 2.24) is 4.98 Å². The SMILES string of the molecule is CCCC(O)c1ncc(Br)cc1Br. The third kappa shape index (κ3) is 3.04. The first-order chi connectivity index (χ1) is 6.15. The van der Waals surface area contributed by atoms with Crippen LogP contribution in [0.2, 0.25) is 0 Å². The summed E-state index contributed by atoms with van der Waals surface area (Å²) < 4.78 is 1.76. The number of rotatable bonds is 3. The van der Waals surface area contributed by atoms with Crippen molar-refractivity contribution in [3.05, 3.63) is 26.9 Å². The molecule has 13 heavy (non-hydrogen) atoms. The first-order valence-corrected chi connectivity index (χ1v) is 5.72. The van der Waals surface area contributed by atoms with Crippen molar-refractivity contribution in [3.63, 3.8) is 0 Å². The van der Waals surface area contributed by atoms with Crippen LogP contribution in [0.15, 0.2) is 21.2 Å². The van der Waals surface area contributed by atoms with Gasteiger partial charge in [-0.25, -0.2) is 0 Å². The van der Waals surface area contributed by atoms with Gasteiger partial charge in [0.15, 0.2) is 0 Å². The number of aromatic nitrogens is 1. The summed E-state index contributed by atoms with van der Waals surface area (Å²) in [5, 5.41) is 9.68. The predicted molar refractivity (Wildman–Crippen MR) is 59.5 cm³/mol. The standard InChI is InChI=1S/C9H11Br2NO/c1-2-3-8(13)9-7(11)4-6(10)5-12-9/h4-5,8,13H,2-3H2,1H3. The van der Waals surface area contributed by atoms with Crippen LogP contribution in [-0.2, 0) is 0 Å². The van der Waals surface area contributed by atoms with Gasteiger partial charge in [0.25, 0.3) is 0 Å². The van der Waals surface area contributed by atoms with Crippen molar-refractivity contribution < 1.29 is 5.11 Å². The quantitative estimate of drug-likeness (QED) is 0.928. The maximum atomic E-state index is 9.68. The predicted octanol–water partition coefficient (Wildman–Crippen LogP) is 3.44. The molecule has 0 spiro atoms. The molecule has 1 N–H and O–H groups in total. The minimum atomic E-state index is -0.465. The molecule has 4 heteroatoms. The molecule has 0 aliphatic carbocycles. The van der Waals surface area contributed by atoms with Crippen LogP contribution in [0.5, 0.6) is 0 Å². The Labute approximate surface area is 94.6 Å². The van der Waals surface area contributed by atoms with E-state index in [1.165, 1.54) is 0 Å². The number of aliphatic hydroxyl groups excluding tert-OH is 1. The summed E-state index contributed by atoms with van der Waals surface area (Å²) >= 11 is 6.68. The summed E-state index contributed by atoms with van der Waals surface area (Å²) in [7, 11) is 0. The fourth-order valence-corrected chi connectivity index (χ4v) is 2.33. The van der Waals surface area contributed by atoms with E-state index in [1.54, 1.807) is 6.20 Å². The molecule has 1 aromatic rings. The molecular weight excluding hydrogens is 298 g/mol. The molecule has 1 heterocycles. The molecule has 2 nitrogen and oxygen atoms in total. The molecule has 0 amide bonds. The van der Waals surface area contributed by atoms with E-state index in [0.29, 0.717) is 5.69 Å². The number of nitrogens with zero attached hydrogens (tertiary/aromatic N) is 1. The lowest BCUT2D eigenvalue weighted by molar-refractivity contribution is 0.161. The first-order valence-electron chi connectivity index (χ1n) is 4.14. The lowest BCUT2D eigenvalue weighted by Gasteiger charge is -2.10. The van der Waals surface area contributed by atoms with E-state index in [-0.39, 0.29) is 0 Å². The number of halogens is 2. The monoisotopic (exact) mass is 307 g/mol. The summed E-state index contributed by atoms with van der Waals surface area (Å²) in [6.07, 6.45) is 2.92. The van der Waals surface area contributed by atoms with E-state index >= 15 is 0 Å². The fraction of sp³-hybridized carbons (Fsp3) is 0.444. The van der Waals surface area contributed by atoms with E-state index in [0.717, 1.165) is 21.8 Å². The minimum absolute atomic E-state index is 0.465. The smallest absolute Gasteiger partial charge is 0.0971 e. The Morgan fingerprint density at radius 1 is 1.54 bits per heavy atom. The summed E-state index contributed by atoms with van der Waals surface area (Å²) in [4.78, 5) is 4.15. The lowest BCUT2D eigenvalue weighted by Crippen LogP contribution is -2.00. The van der Waals surface area contributed by atoms with E-state index in [2.05, 4.69) is 36.8 Å². The van der Waals surface area contributed by atoms with Crippen LogP contribution in [0.3, 0.4) is 0 Å². The fourth-order valence-electron chi connectivity index (χ4n) is 1.08. The molecule has 0 fully saturated rings. The molecule has 0 radical (unpaired) electrons. The van der Waals surface area contributed by atoms with Crippen LogP contribution in [0.1, 0.15) is 31.6 Å². The van der Waals surface area contributed by atoms with E-state index in [1.807, 2.05) is 13.0 Å². The molecule has 72 valence electrons. The Morgan fingerprint density at radius 3 is 2.77 bits per heavy atom. The van der Waals surface area contributed by atoms with Crippen molar-refractivity contribution in [2.75, 3.05) is 0 Å². The molecular formula is C9H11Br2NO. The van der Waals surface area contributed by atoms with E-state index in [4.69, 9.17) is 0 Å². The third-order valence-electron chi connectivity index (χ3n) is 1.71. The summed E-state index contributed by atoms with van der Waals surface area (Å²) in [5.74, 6) is 0. The van der Waals surface area contributed by atoms with Crippen molar-refractivity contribution in [3.8, 4) is 0 Å². The average molecular weight is 309 g/mol. The first kappa shape index (κ1) is 11.1. The molecule has 1 rings (SSSR count). The lowest BCUT2D eigenvalue weighted by atomic mass is 10.1. The van der Waals surface area contributed by atoms with Gasteiger partial charge in [-0.3, -0.25) is 4.98 Å². The van der Waals surface area contributed by atoms with Gasteiger partial charge >= 0.3 is 0 Å². The van der Waals surface area contributed by atoms with Gasteiger partial charge in [0, 0.05) is 15.1 Å². The van der Waals surface area contributed by atoms with Gasteiger partial charge in [-0.05, 0) is 44.3 Å². The zero-order valence-corrected chi connectivity index (χ0v) is 10.5. The second-order valence-corrected chi connectivity index (χ2v) is 4.60. The van der Waals surface area contributed by atoms with Crippen LogP contribution >= 0.6 is 31.9 Å². The second-order valence-electron chi connectivity index (χ2n) is 2.83. The van der Waals surface area contributed by atoms with E-state index < -0.39 is 6.10 Å². The Balaban J connectivity index is 2.88. The van der Waals surface area contributed by atoms with Crippen molar-refractivity contribution in [2.24, 2.45) is 0 Å². The Bertz CT molecular complexity index is 291. The minimum Gasteiger partial charge on any atom is -0.387 e. The molecule has 0 aromatic carbocycles. The number of aliphatic hydroxyl groups is 1. The van der Waals surface area contributed by atoms with Gasteiger partial charge in [0.1, 0.15) is 0 Å². The number of hydrogen-bond donors (Lipinski definition) is 1. The van der Waals surface area contributed by atoms with Gasteiger partial charge in [-0.15, -0.1) is 0 Å². The van der Waals surface area contributed by atoms with Gasteiger partial charge in [0.05, 0.1) is 11.8 Å². The molecule has 0 aliphatic rings. The highest BCUT2D eigenvalue weighted by atomic mass is 79.9. The second kappa shape index (κ2) is 5.08. The molecule has 0 saturated heterocycles. The average Bonchev–Trinajstić information content (AvgIpc) is 2.04. The van der Waals surface area contributed by atoms with Crippen LogP contribution in [0.4, 0.5) is 0 Å². The molecule has 0 saturated carbocycles. The molecule has 1 aromatic heterocycles. The van der Waals surface area contributed by atoms with Gasteiger partial charge < -0.3 is 5.11 Å². The van der Waals surface area contributed by atoms with Crippen molar-refractivity contribution >= 4 is 31.9 Å². The zero-order valence-electron chi connectivity index (χ0n) is 7.30. The van der Waals surface area contributed by atoms with Crippen LogP contribution in [0, 0.1) is 0 Å². The maximum absolute atomic E-state index is 9.68. The highest BCUT2D eigenvalue weighted by molar-refractivity contribution is 9.11. The van der Waals surface area contributed by atoms with Gasteiger partial charge in [-0.2, -0.15) is 0 Å². The Kier molecular flexibility index (Phi) is 4.35. The zero-order chi connectivity index (χ0) is 9.84. The topological polar surface area (TPSA) is 33.1 Å². The maximum Gasteiger partial charge on any atom is 0.0971 e. The highest BCUT2D eigenvalue weighted by Gasteiger charge is 2.11. The van der Waals surface area contributed by atoms with Crippen LogP contribution in [0.25, 0.3) is 0 Å². The summed E-state index contributed by atoms with van der Waals surface area (Å²) in [6, 6.07) is 1.89. The highest BCUT2D eigenvalue weighted by Crippen LogP contribution is 2.26. The third-order valence-corrected chi connectivity index (χ3v) is 2.78. The summed E-state index contributed by atoms with van der Waals surface area (Å²) in [6.45, 7) is 2.04. The van der Waals surface area contributed by atoms with Crippen molar-refractivity contribution in [1.29, 1.82) is 0 Å². The molecule has 0 aliphatic heterocycles. The van der Waals surface area contributed by atoms with Crippen LogP contribution < -0.4 is 0 Å². The van der Waals surface area contributed by atoms with E-state index in [9.17, 15) is 5.11 Å². The Hall–Kier alpha value is 0.0700. The largest absolute Gasteiger partial charge is 0.387 e. The number of hydrogen-bond acceptors (Lipinski definition) is 2. The normalized spacial score (nSPS) is 12.9. The van der Waals surface area contributed by atoms with Gasteiger partial charge in [-0.1, -0.05) is 13.3 Å².